The molecule has 1 heterocycles. The number of methoxy groups -OCH3 is 1. The molecule has 6 nitrogen and oxygen atoms in total. The van der Waals surface area contributed by atoms with Crippen molar-refractivity contribution in [2.75, 3.05) is 23.1 Å². The smallest absolute Gasteiger partial charge is 0.247 e. The maximum atomic E-state index is 12.6. The van der Waals surface area contributed by atoms with Crippen molar-refractivity contribution in [1.29, 1.82) is 0 Å². The fourth-order valence-electron chi connectivity index (χ4n) is 2.64. The highest BCUT2D eigenvalue weighted by atomic mass is 79.9. The third-order valence-corrected chi connectivity index (χ3v) is 5.71. The van der Waals surface area contributed by atoms with Crippen LogP contribution in [-0.4, -0.2) is 35.8 Å². The van der Waals surface area contributed by atoms with Gasteiger partial charge in [0.25, 0.3) is 0 Å². The number of hydrogen-bond donors (Lipinski definition) is 1. The lowest BCUT2D eigenvalue weighted by Gasteiger charge is -2.15. The van der Waals surface area contributed by atoms with Crippen LogP contribution in [0.2, 0.25) is 0 Å². The summed E-state index contributed by atoms with van der Waals surface area (Å²) in [5.74, 6) is -0.0441. The highest BCUT2D eigenvalue weighted by Gasteiger charge is 2.40. The van der Waals surface area contributed by atoms with Crippen LogP contribution < -0.4 is 15.0 Å². The van der Waals surface area contributed by atoms with Gasteiger partial charge in [0.1, 0.15) is 5.75 Å². The van der Waals surface area contributed by atoms with E-state index in [0.29, 0.717) is 17.1 Å². The number of imide groups is 1. The Morgan fingerprint density at radius 2 is 1.85 bits per heavy atom. The molecule has 8 heteroatoms. The molecule has 2 aromatic carbocycles. The zero-order valence-electron chi connectivity index (χ0n) is 14.5. The molecule has 1 unspecified atom stereocenters. The number of nitrogens with one attached hydrogen (secondary N) is 1. The predicted octanol–water partition coefficient (Wildman–Crippen LogP) is 3.46. The average Bonchev–Trinajstić information content (AvgIpc) is 2.95. The quantitative estimate of drug-likeness (QED) is 0.684. The third kappa shape index (κ3) is 4.70. The molecule has 27 heavy (non-hydrogen) atoms. The standard InChI is InChI=1S/C19H17BrN2O4S/c1-26-15-8-6-14(7-9-15)22-18(24)10-16(19(22)25)27-11-17(23)21-13-4-2-12(20)3-5-13/h2-9,16H,10-11H2,1H3,(H,21,23). The Morgan fingerprint density at radius 3 is 2.48 bits per heavy atom. The van der Waals surface area contributed by atoms with Crippen molar-refractivity contribution in [2.24, 2.45) is 0 Å². The first-order chi connectivity index (χ1) is 13.0. The summed E-state index contributed by atoms with van der Waals surface area (Å²) in [6.07, 6.45) is 0.0844. The minimum atomic E-state index is -0.560. The van der Waals surface area contributed by atoms with Gasteiger partial charge < -0.3 is 10.1 Å². The molecule has 1 N–H and O–H groups in total. The number of hydrogen-bond acceptors (Lipinski definition) is 5. The van der Waals surface area contributed by atoms with Crippen molar-refractivity contribution >= 4 is 56.8 Å². The molecule has 1 atom stereocenters. The number of anilines is 2. The molecule has 0 bridgehead atoms. The summed E-state index contributed by atoms with van der Waals surface area (Å²) in [4.78, 5) is 38.1. The van der Waals surface area contributed by atoms with Gasteiger partial charge in [-0.3, -0.25) is 14.4 Å². The normalized spacial score (nSPS) is 16.5. The van der Waals surface area contributed by atoms with Gasteiger partial charge in [-0.25, -0.2) is 4.90 Å². The van der Waals surface area contributed by atoms with Crippen molar-refractivity contribution in [3.63, 3.8) is 0 Å². The van der Waals surface area contributed by atoms with E-state index in [4.69, 9.17) is 4.74 Å². The minimum absolute atomic E-state index is 0.0844. The second kappa shape index (κ2) is 8.58. The lowest BCUT2D eigenvalue weighted by atomic mass is 10.3. The van der Waals surface area contributed by atoms with Gasteiger partial charge in [-0.05, 0) is 48.5 Å². The zero-order chi connectivity index (χ0) is 19.4. The Morgan fingerprint density at radius 1 is 1.19 bits per heavy atom. The summed E-state index contributed by atoms with van der Waals surface area (Å²) in [6, 6.07) is 13.9. The number of rotatable bonds is 6. The monoisotopic (exact) mass is 448 g/mol. The first-order valence-corrected chi connectivity index (χ1v) is 10.00. The Labute approximate surface area is 169 Å². The molecular weight excluding hydrogens is 432 g/mol. The number of thioether (sulfide) groups is 1. The Kier molecular flexibility index (Phi) is 6.18. The van der Waals surface area contributed by atoms with Gasteiger partial charge >= 0.3 is 0 Å². The SMILES string of the molecule is COc1ccc(N2C(=O)CC(SCC(=O)Nc3ccc(Br)cc3)C2=O)cc1. The average molecular weight is 449 g/mol. The summed E-state index contributed by atoms with van der Waals surface area (Å²) in [7, 11) is 1.55. The lowest BCUT2D eigenvalue weighted by molar-refractivity contribution is -0.121. The van der Waals surface area contributed by atoms with E-state index in [-0.39, 0.29) is 29.9 Å². The van der Waals surface area contributed by atoms with Crippen molar-refractivity contribution in [3.05, 3.63) is 53.0 Å². The summed E-state index contributed by atoms with van der Waals surface area (Å²) < 4.78 is 6.01. The van der Waals surface area contributed by atoms with Crippen LogP contribution in [0.15, 0.2) is 53.0 Å². The van der Waals surface area contributed by atoms with Crippen molar-refractivity contribution in [2.45, 2.75) is 11.7 Å². The van der Waals surface area contributed by atoms with Crippen LogP contribution in [0, 0.1) is 0 Å². The molecule has 1 aliphatic rings. The molecule has 3 amide bonds. The van der Waals surface area contributed by atoms with E-state index in [1.165, 1.54) is 16.7 Å². The van der Waals surface area contributed by atoms with E-state index < -0.39 is 5.25 Å². The number of carbonyl (C=O) groups excluding carboxylic acids is 3. The van der Waals surface area contributed by atoms with Gasteiger partial charge in [-0.2, -0.15) is 0 Å². The van der Waals surface area contributed by atoms with Crippen LogP contribution >= 0.6 is 27.7 Å². The fraction of sp³-hybridized carbons (Fsp3) is 0.211. The number of nitrogens with zero attached hydrogens (tertiary/aromatic N) is 1. The van der Waals surface area contributed by atoms with E-state index in [2.05, 4.69) is 21.2 Å². The predicted molar refractivity (Wildman–Crippen MR) is 109 cm³/mol. The first kappa shape index (κ1) is 19.4. The van der Waals surface area contributed by atoms with Crippen LogP contribution in [0.3, 0.4) is 0 Å². The number of benzene rings is 2. The molecule has 0 saturated carbocycles. The van der Waals surface area contributed by atoms with Gasteiger partial charge in [0.2, 0.25) is 17.7 Å². The Hall–Kier alpha value is -2.32. The molecule has 1 saturated heterocycles. The molecule has 1 aliphatic heterocycles. The number of amides is 3. The summed E-state index contributed by atoms with van der Waals surface area (Å²) in [5, 5.41) is 2.21. The summed E-state index contributed by atoms with van der Waals surface area (Å²) in [5.41, 5.74) is 1.19. The Balaban J connectivity index is 1.57. The first-order valence-electron chi connectivity index (χ1n) is 8.16. The summed E-state index contributed by atoms with van der Waals surface area (Å²) >= 11 is 4.51. The molecule has 1 fully saturated rings. The van der Waals surface area contributed by atoms with Gasteiger partial charge in [-0.1, -0.05) is 15.9 Å². The van der Waals surface area contributed by atoms with E-state index in [1.54, 1.807) is 43.5 Å². The topological polar surface area (TPSA) is 75.7 Å². The van der Waals surface area contributed by atoms with Crippen molar-refractivity contribution < 1.29 is 19.1 Å². The number of halogens is 1. The lowest BCUT2D eigenvalue weighted by Crippen LogP contribution is -2.31. The molecule has 0 aromatic heterocycles. The molecule has 0 radical (unpaired) electrons. The van der Waals surface area contributed by atoms with Gasteiger partial charge in [0.05, 0.1) is 23.8 Å². The number of carbonyl (C=O) groups is 3. The van der Waals surface area contributed by atoms with E-state index in [9.17, 15) is 14.4 Å². The van der Waals surface area contributed by atoms with E-state index in [1.807, 2.05) is 12.1 Å². The molecule has 3 rings (SSSR count). The molecular formula is C19H17BrN2O4S. The van der Waals surface area contributed by atoms with Gasteiger partial charge in [0.15, 0.2) is 0 Å². The van der Waals surface area contributed by atoms with Crippen molar-refractivity contribution in [3.8, 4) is 5.75 Å². The largest absolute Gasteiger partial charge is 0.497 e. The van der Waals surface area contributed by atoms with Crippen LogP contribution in [0.1, 0.15) is 6.42 Å². The van der Waals surface area contributed by atoms with Crippen LogP contribution in [0.4, 0.5) is 11.4 Å². The third-order valence-electron chi connectivity index (χ3n) is 3.98. The molecule has 140 valence electrons. The Bertz CT molecular complexity index is 855. The highest BCUT2D eigenvalue weighted by molar-refractivity contribution is 9.10. The summed E-state index contributed by atoms with van der Waals surface area (Å²) in [6.45, 7) is 0. The highest BCUT2D eigenvalue weighted by Crippen LogP contribution is 2.30. The number of ether oxygens (including phenoxy) is 1. The van der Waals surface area contributed by atoms with E-state index >= 15 is 0 Å². The van der Waals surface area contributed by atoms with Crippen LogP contribution in [0.5, 0.6) is 5.75 Å². The second-order valence-corrected chi connectivity index (χ2v) is 7.93. The molecule has 0 spiro atoms. The maximum absolute atomic E-state index is 12.6. The van der Waals surface area contributed by atoms with Crippen LogP contribution in [0.25, 0.3) is 0 Å². The second-order valence-electron chi connectivity index (χ2n) is 5.82. The van der Waals surface area contributed by atoms with Gasteiger partial charge in [0, 0.05) is 16.6 Å². The minimum Gasteiger partial charge on any atom is -0.497 e. The molecule has 2 aromatic rings. The molecule has 0 aliphatic carbocycles. The fourth-order valence-corrected chi connectivity index (χ4v) is 3.84. The maximum Gasteiger partial charge on any atom is 0.247 e. The van der Waals surface area contributed by atoms with E-state index in [0.717, 1.165) is 4.47 Å². The zero-order valence-corrected chi connectivity index (χ0v) is 16.9. The van der Waals surface area contributed by atoms with Gasteiger partial charge in [-0.15, -0.1) is 11.8 Å². The van der Waals surface area contributed by atoms with Crippen molar-refractivity contribution in [1.82, 2.24) is 0 Å². The van der Waals surface area contributed by atoms with Crippen LogP contribution in [-0.2, 0) is 14.4 Å².